The van der Waals surface area contributed by atoms with Gasteiger partial charge in [0, 0.05) is 56.3 Å². The molecule has 3 aliphatic heterocycles. The van der Waals surface area contributed by atoms with Crippen LogP contribution in [0.4, 0.5) is 5.69 Å². The minimum atomic E-state index is -3.47. The molecule has 0 unspecified atom stereocenters. The van der Waals surface area contributed by atoms with Gasteiger partial charge in [-0.15, -0.1) is 0 Å². The summed E-state index contributed by atoms with van der Waals surface area (Å²) in [6.45, 7) is 10.1. The number of ether oxygens (including phenoxy) is 1. The zero-order valence-corrected chi connectivity index (χ0v) is 28.2. The number of benzene rings is 2. The van der Waals surface area contributed by atoms with Crippen LogP contribution in [0.1, 0.15) is 50.2 Å². The zero-order valence-electron chi connectivity index (χ0n) is 26.6. The molecule has 0 bridgehead atoms. The van der Waals surface area contributed by atoms with Gasteiger partial charge in [0.1, 0.15) is 0 Å². The number of morpholine rings is 1. The standard InChI is InChI=1S/C34H47ClN4O5S/c1-26-4-7-31(25-33(26)35)39(34(41)30-12-18-37(19-13-30)27(2)40)15-3-14-36-16-10-29(11-17-36)24-28-5-8-32(9-6-28)45(42,43)38-20-22-44-23-21-38/h4-9,25,29-30H,3,10-24H2,1-2H3. The number of rotatable bonds is 10. The molecule has 2 aromatic rings. The number of hydrogen-bond acceptors (Lipinski definition) is 6. The summed E-state index contributed by atoms with van der Waals surface area (Å²) in [5, 5.41) is 0.659. The number of sulfonamides is 1. The summed E-state index contributed by atoms with van der Waals surface area (Å²) >= 11 is 6.47. The second kappa shape index (κ2) is 15.4. The molecule has 0 atom stereocenters. The van der Waals surface area contributed by atoms with Gasteiger partial charge in [0.15, 0.2) is 0 Å². The lowest BCUT2D eigenvalue weighted by Crippen LogP contribution is -2.45. The van der Waals surface area contributed by atoms with Gasteiger partial charge in [-0.2, -0.15) is 4.31 Å². The highest BCUT2D eigenvalue weighted by Gasteiger charge is 2.31. The Morgan fingerprint density at radius 3 is 2.22 bits per heavy atom. The molecule has 3 aliphatic rings. The molecular formula is C34H47ClN4O5S. The number of nitrogens with zero attached hydrogens (tertiary/aromatic N) is 4. The number of carbonyl (C=O) groups is 2. The van der Waals surface area contributed by atoms with E-state index >= 15 is 0 Å². The number of anilines is 1. The molecule has 5 rings (SSSR count). The van der Waals surface area contributed by atoms with E-state index in [4.69, 9.17) is 16.3 Å². The molecule has 3 fully saturated rings. The SMILES string of the molecule is CC(=O)N1CCC(C(=O)N(CCCN2CCC(Cc3ccc(S(=O)(=O)N4CCOCC4)cc3)CC2)c2ccc(C)c(Cl)c2)CC1. The summed E-state index contributed by atoms with van der Waals surface area (Å²) in [5.74, 6) is 0.668. The van der Waals surface area contributed by atoms with Crippen molar-refractivity contribution in [3.05, 3.63) is 58.6 Å². The average Bonchev–Trinajstić information content (AvgIpc) is 3.06. The van der Waals surface area contributed by atoms with Crippen molar-refractivity contribution in [3.8, 4) is 0 Å². The van der Waals surface area contributed by atoms with E-state index < -0.39 is 10.0 Å². The molecule has 2 aromatic carbocycles. The monoisotopic (exact) mass is 658 g/mol. The van der Waals surface area contributed by atoms with E-state index in [0.29, 0.717) is 74.6 Å². The molecule has 246 valence electrons. The van der Waals surface area contributed by atoms with Crippen molar-refractivity contribution < 1.29 is 22.7 Å². The van der Waals surface area contributed by atoms with Gasteiger partial charge in [-0.1, -0.05) is 29.8 Å². The first-order valence-electron chi connectivity index (χ1n) is 16.3. The predicted octanol–water partition coefficient (Wildman–Crippen LogP) is 4.61. The lowest BCUT2D eigenvalue weighted by Gasteiger charge is -2.35. The largest absolute Gasteiger partial charge is 0.379 e. The quantitative estimate of drug-likeness (QED) is 0.371. The van der Waals surface area contributed by atoms with E-state index in [2.05, 4.69) is 4.90 Å². The van der Waals surface area contributed by atoms with E-state index in [9.17, 15) is 18.0 Å². The summed E-state index contributed by atoms with van der Waals surface area (Å²) in [4.78, 5) is 32.1. The fourth-order valence-corrected chi connectivity index (χ4v) is 8.29. The van der Waals surface area contributed by atoms with E-state index in [1.807, 2.05) is 47.1 Å². The summed E-state index contributed by atoms with van der Waals surface area (Å²) in [6, 6.07) is 13.3. The van der Waals surface area contributed by atoms with Crippen LogP contribution in [-0.2, 0) is 30.8 Å². The number of halogens is 1. The van der Waals surface area contributed by atoms with Crippen LogP contribution < -0.4 is 4.90 Å². The number of hydrogen-bond donors (Lipinski definition) is 0. The molecule has 0 radical (unpaired) electrons. The zero-order chi connectivity index (χ0) is 32.0. The number of aryl methyl sites for hydroxylation is 1. The van der Waals surface area contributed by atoms with Crippen molar-refractivity contribution in [2.75, 3.05) is 70.5 Å². The van der Waals surface area contributed by atoms with E-state index in [1.54, 1.807) is 19.1 Å². The normalized spacial score (nSPS) is 19.5. The Morgan fingerprint density at radius 1 is 0.933 bits per heavy atom. The molecule has 2 amide bonds. The average molecular weight is 659 g/mol. The highest BCUT2D eigenvalue weighted by atomic mass is 35.5. The molecule has 0 saturated carbocycles. The smallest absolute Gasteiger partial charge is 0.243 e. The van der Waals surface area contributed by atoms with Crippen molar-refractivity contribution in [1.29, 1.82) is 0 Å². The van der Waals surface area contributed by atoms with Gasteiger partial charge in [0.25, 0.3) is 0 Å². The van der Waals surface area contributed by atoms with Gasteiger partial charge in [-0.3, -0.25) is 9.59 Å². The van der Waals surface area contributed by atoms with Crippen LogP contribution in [0.15, 0.2) is 47.4 Å². The lowest BCUT2D eigenvalue weighted by molar-refractivity contribution is -0.133. The summed E-state index contributed by atoms with van der Waals surface area (Å²) in [6.07, 6.45) is 5.39. The Kier molecular flexibility index (Phi) is 11.6. The Morgan fingerprint density at radius 2 is 1.60 bits per heavy atom. The first kappa shape index (κ1) is 33.9. The van der Waals surface area contributed by atoms with E-state index in [-0.39, 0.29) is 17.7 Å². The molecule has 9 nitrogen and oxygen atoms in total. The maximum absolute atomic E-state index is 13.8. The molecule has 0 aromatic heterocycles. The van der Waals surface area contributed by atoms with Crippen LogP contribution >= 0.6 is 11.6 Å². The maximum Gasteiger partial charge on any atom is 0.243 e. The summed E-state index contributed by atoms with van der Waals surface area (Å²) < 4.78 is 32.7. The van der Waals surface area contributed by atoms with Crippen LogP contribution in [0.2, 0.25) is 5.02 Å². The summed E-state index contributed by atoms with van der Waals surface area (Å²) in [7, 11) is -3.47. The van der Waals surface area contributed by atoms with Crippen LogP contribution in [0.5, 0.6) is 0 Å². The van der Waals surface area contributed by atoms with Gasteiger partial charge in [0.05, 0.1) is 18.1 Å². The lowest BCUT2D eigenvalue weighted by atomic mass is 9.90. The van der Waals surface area contributed by atoms with Crippen molar-refractivity contribution in [1.82, 2.24) is 14.1 Å². The molecule has 0 N–H and O–H groups in total. The molecule has 45 heavy (non-hydrogen) atoms. The van der Waals surface area contributed by atoms with Crippen LogP contribution in [0, 0.1) is 18.8 Å². The highest BCUT2D eigenvalue weighted by Crippen LogP contribution is 2.28. The molecule has 0 aliphatic carbocycles. The van der Waals surface area contributed by atoms with Crippen molar-refractivity contribution in [2.24, 2.45) is 11.8 Å². The third-order valence-corrected chi connectivity index (χ3v) is 12.0. The van der Waals surface area contributed by atoms with E-state index in [0.717, 1.165) is 56.6 Å². The molecule has 3 heterocycles. The van der Waals surface area contributed by atoms with Crippen LogP contribution in [-0.4, -0.2) is 99.9 Å². The van der Waals surface area contributed by atoms with Gasteiger partial charge in [0.2, 0.25) is 21.8 Å². The molecule has 3 saturated heterocycles. The van der Waals surface area contributed by atoms with Crippen molar-refractivity contribution in [3.63, 3.8) is 0 Å². The maximum atomic E-state index is 13.8. The highest BCUT2D eigenvalue weighted by molar-refractivity contribution is 7.89. The predicted molar refractivity (Wildman–Crippen MR) is 177 cm³/mol. The second-order valence-electron chi connectivity index (χ2n) is 12.7. The van der Waals surface area contributed by atoms with E-state index in [1.165, 1.54) is 9.87 Å². The van der Waals surface area contributed by atoms with Gasteiger partial charge in [-0.05, 0) is 106 Å². The summed E-state index contributed by atoms with van der Waals surface area (Å²) in [5.41, 5.74) is 3.00. The first-order chi connectivity index (χ1) is 21.6. The third-order valence-electron chi connectivity index (χ3n) is 9.64. The van der Waals surface area contributed by atoms with Crippen molar-refractivity contribution >= 4 is 39.1 Å². The second-order valence-corrected chi connectivity index (χ2v) is 15.1. The first-order valence-corrected chi connectivity index (χ1v) is 18.2. The topological polar surface area (TPSA) is 90.5 Å². The Balaban J connectivity index is 1.11. The number of piperidine rings is 2. The fourth-order valence-electron chi connectivity index (χ4n) is 6.71. The number of likely N-dealkylation sites (tertiary alicyclic amines) is 2. The molecule has 0 spiro atoms. The third kappa shape index (κ3) is 8.65. The Labute approximate surface area is 273 Å². The van der Waals surface area contributed by atoms with Gasteiger partial charge < -0.3 is 19.4 Å². The Bertz CT molecular complexity index is 1410. The number of carbonyl (C=O) groups excluding carboxylic acids is 2. The Hall–Kier alpha value is -2.50. The molecular weight excluding hydrogens is 612 g/mol. The fraction of sp³-hybridized carbons (Fsp3) is 0.588. The van der Waals surface area contributed by atoms with Crippen LogP contribution in [0.25, 0.3) is 0 Å². The van der Waals surface area contributed by atoms with Crippen LogP contribution in [0.3, 0.4) is 0 Å². The van der Waals surface area contributed by atoms with Crippen molar-refractivity contribution in [2.45, 2.75) is 57.3 Å². The minimum Gasteiger partial charge on any atom is -0.379 e. The number of amides is 2. The minimum absolute atomic E-state index is 0.0691. The van der Waals surface area contributed by atoms with Gasteiger partial charge >= 0.3 is 0 Å². The van der Waals surface area contributed by atoms with Gasteiger partial charge in [-0.25, -0.2) is 8.42 Å². The molecule has 11 heteroatoms.